The van der Waals surface area contributed by atoms with Gasteiger partial charge in [0.15, 0.2) is 0 Å². The van der Waals surface area contributed by atoms with E-state index in [4.69, 9.17) is 9.84 Å². The summed E-state index contributed by atoms with van der Waals surface area (Å²) in [6.45, 7) is 0.0737. The van der Waals surface area contributed by atoms with Crippen molar-refractivity contribution in [3.8, 4) is 0 Å². The third-order valence-corrected chi connectivity index (χ3v) is 5.20. The number of carbonyl (C=O) groups is 3. The van der Waals surface area contributed by atoms with Gasteiger partial charge in [0.1, 0.15) is 12.6 Å². The second-order valence-corrected chi connectivity index (χ2v) is 7.95. The topological polar surface area (TPSA) is 105 Å². The summed E-state index contributed by atoms with van der Waals surface area (Å²) >= 11 is 0. The molecule has 3 aromatic carbocycles. The number of aliphatic carboxylic acids is 1. The highest BCUT2D eigenvalue weighted by Gasteiger charge is 2.24. The van der Waals surface area contributed by atoms with Crippen LogP contribution in [0.4, 0.5) is 4.79 Å². The van der Waals surface area contributed by atoms with Crippen LogP contribution < -0.4 is 10.6 Å². The Kier molecular flexibility index (Phi) is 9.63. The molecule has 2 atom stereocenters. The predicted octanol–water partition coefficient (Wildman–Crippen LogP) is 3.89. The summed E-state index contributed by atoms with van der Waals surface area (Å²) < 4.78 is 5.30. The summed E-state index contributed by atoms with van der Waals surface area (Å²) in [4.78, 5) is 36.8. The smallest absolute Gasteiger partial charge is 0.408 e. The minimum Gasteiger partial charge on any atom is -0.478 e. The Hall–Kier alpha value is -4.39. The highest BCUT2D eigenvalue weighted by molar-refractivity contribution is 5.86. The van der Waals surface area contributed by atoms with Crippen molar-refractivity contribution in [2.75, 3.05) is 0 Å². The standard InChI is InChI=1S/C28H28N2O5/c31-26(32)17-16-24(18-21-10-4-1-5-11-21)29-27(33)25(19-22-12-6-2-7-13-22)30-28(34)35-20-23-14-8-3-9-15-23/h1-17,24-25H,18-20H2,(H,29,33)(H,30,34)(H,31,32)/b17-16+. The van der Waals surface area contributed by atoms with Gasteiger partial charge in [-0.3, -0.25) is 4.79 Å². The fourth-order valence-electron chi connectivity index (χ4n) is 3.48. The molecule has 0 bridgehead atoms. The lowest BCUT2D eigenvalue weighted by Gasteiger charge is -2.22. The molecule has 7 heteroatoms. The van der Waals surface area contributed by atoms with Gasteiger partial charge in [-0.25, -0.2) is 9.59 Å². The van der Waals surface area contributed by atoms with Gasteiger partial charge in [-0.1, -0.05) is 97.1 Å². The Morgan fingerprint density at radius 2 is 1.26 bits per heavy atom. The molecule has 2 amide bonds. The van der Waals surface area contributed by atoms with Gasteiger partial charge in [-0.2, -0.15) is 0 Å². The quantitative estimate of drug-likeness (QED) is 0.367. The highest BCUT2D eigenvalue weighted by atomic mass is 16.5. The van der Waals surface area contributed by atoms with Gasteiger partial charge in [-0.15, -0.1) is 0 Å². The molecule has 3 N–H and O–H groups in total. The van der Waals surface area contributed by atoms with Gasteiger partial charge in [0.05, 0.1) is 6.04 Å². The van der Waals surface area contributed by atoms with Crippen LogP contribution in [0.3, 0.4) is 0 Å². The molecule has 3 aromatic rings. The van der Waals surface area contributed by atoms with E-state index in [9.17, 15) is 14.4 Å². The number of hydrogen-bond acceptors (Lipinski definition) is 4. The monoisotopic (exact) mass is 472 g/mol. The van der Waals surface area contributed by atoms with E-state index >= 15 is 0 Å². The molecule has 2 unspecified atom stereocenters. The normalized spacial score (nSPS) is 12.5. The zero-order valence-electron chi connectivity index (χ0n) is 19.2. The van der Waals surface area contributed by atoms with Crippen LogP contribution >= 0.6 is 0 Å². The third kappa shape index (κ3) is 9.17. The molecule has 0 aliphatic heterocycles. The number of rotatable bonds is 11. The average molecular weight is 473 g/mol. The Morgan fingerprint density at radius 3 is 1.80 bits per heavy atom. The number of carboxylic acids is 1. The largest absolute Gasteiger partial charge is 0.478 e. The van der Waals surface area contributed by atoms with Crippen LogP contribution in [0.15, 0.2) is 103 Å². The molecule has 0 saturated carbocycles. The number of carbonyl (C=O) groups excluding carboxylic acids is 2. The molecule has 0 heterocycles. The van der Waals surface area contributed by atoms with Gasteiger partial charge in [0, 0.05) is 12.5 Å². The summed E-state index contributed by atoms with van der Waals surface area (Å²) in [7, 11) is 0. The van der Waals surface area contributed by atoms with Crippen LogP contribution in [0.25, 0.3) is 0 Å². The first-order valence-corrected chi connectivity index (χ1v) is 11.3. The summed E-state index contributed by atoms with van der Waals surface area (Å²) in [6.07, 6.45) is 2.36. The maximum Gasteiger partial charge on any atom is 0.408 e. The zero-order chi connectivity index (χ0) is 24.9. The Bertz CT molecular complexity index is 1120. The van der Waals surface area contributed by atoms with Gasteiger partial charge in [0.2, 0.25) is 5.91 Å². The molecule has 0 radical (unpaired) electrons. The fourth-order valence-corrected chi connectivity index (χ4v) is 3.48. The lowest BCUT2D eigenvalue weighted by Crippen LogP contribution is -2.51. The maximum absolute atomic E-state index is 13.2. The second-order valence-electron chi connectivity index (χ2n) is 7.95. The maximum atomic E-state index is 13.2. The van der Waals surface area contributed by atoms with Crippen molar-refractivity contribution >= 4 is 18.0 Å². The van der Waals surface area contributed by atoms with E-state index in [1.54, 1.807) is 0 Å². The molecule has 0 saturated heterocycles. The van der Waals surface area contributed by atoms with Crippen LogP contribution in [0.2, 0.25) is 0 Å². The number of alkyl carbamates (subject to hydrolysis) is 1. The van der Waals surface area contributed by atoms with Crippen molar-refractivity contribution < 1.29 is 24.2 Å². The fraction of sp³-hybridized carbons (Fsp3) is 0.179. The van der Waals surface area contributed by atoms with Crippen LogP contribution in [0.5, 0.6) is 0 Å². The van der Waals surface area contributed by atoms with Crippen molar-refractivity contribution in [2.45, 2.75) is 31.5 Å². The molecule has 0 aromatic heterocycles. The van der Waals surface area contributed by atoms with Crippen LogP contribution in [-0.2, 0) is 33.8 Å². The summed E-state index contributed by atoms with van der Waals surface area (Å²) in [5.74, 6) is -1.55. The molecule has 0 fully saturated rings. The summed E-state index contributed by atoms with van der Waals surface area (Å²) in [5.41, 5.74) is 2.62. The van der Waals surface area contributed by atoms with Crippen molar-refractivity contribution in [2.24, 2.45) is 0 Å². The Morgan fingerprint density at radius 1 is 0.743 bits per heavy atom. The van der Waals surface area contributed by atoms with Crippen LogP contribution in [0, 0.1) is 0 Å². The number of hydrogen-bond donors (Lipinski definition) is 3. The summed E-state index contributed by atoms with van der Waals surface area (Å²) in [5, 5.41) is 14.6. The number of benzene rings is 3. The van der Waals surface area contributed by atoms with E-state index in [2.05, 4.69) is 10.6 Å². The highest BCUT2D eigenvalue weighted by Crippen LogP contribution is 2.08. The van der Waals surface area contributed by atoms with E-state index in [0.717, 1.165) is 22.8 Å². The van der Waals surface area contributed by atoms with Gasteiger partial charge < -0.3 is 20.5 Å². The van der Waals surface area contributed by atoms with Crippen molar-refractivity contribution in [3.63, 3.8) is 0 Å². The first kappa shape index (κ1) is 25.2. The van der Waals surface area contributed by atoms with E-state index in [-0.39, 0.29) is 13.0 Å². The molecule has 7 nitrogen and oxygen atoms in total. The lowest BCUT2D eigenvalue weighted by atomic mass is 10.0. The Balaban J connectivity index is 1.71. The summed E-state index contributed by atoms with van der Waals surface area (Å²) in [6, 6.07) is 26.5. The van der Waals surface area contributed by atoms with E-state index in [1.165, 1.54) is 6.08 Å². The minimum atomic E-state index is -1.11. The SMILES string of the molecule is O=C(O)/C=C/C(Cc1ccccc1)NC(=O)C(Cc1ccccc1)NC(=O)OCc1ccccc1. The average Bonchev–Trinajstić information content (AvgIpc) is 2.87. The number of nitrogens with one attached hydrogen (secondary N) is 2. The number of ether oxygens (including phenoxy) is 1. The van der Waals surface area contributed by atoms with Gasteiger partial charge in [0.25, 0.3) is 0 Å². The number of carboxylic acid groups (broad SMARTS) is 1. The van der Waals surface area contributed by atoms with Crippen LogP contribution in [0.1, 0.15) is 16.7 Å². The van der Waals surface area contributed by atoms with Crippen molar-refractivity contribution in [1.82, 2.24) is 10.6 Å². The van der Waals surface area contributed by atoms with E-state index in [1.807, 2.05) is 91.0 Å². The van der Waals surface area contributed by atoms with E-state index in [0.29, 0.717) is 6.42 Å². The lowest BCUT2D eigenvalue weighted by molar-refractivity contribution is -0.131. The molecular formula is C28H28N2O5. The van der Waals surface area contributed by atoms with Gasteiger partial charge in [-0.05, 0) is 23.1 Å². The third-order valence-electron chi connectivity index (χ3n) is 5.20. The second kappa shape index (κ2) is 13.3. The Labute approximate surface area is 204 Å². The molecular weight excluding hydrogens is 444 g/mol. The first-order valence-electron chi connectivity index (χ1n) is 11.3. The van der Waals surface area contributed by atoms with E-state index < -0.39 is 30.1 Å². The van der Waals surface area contributed by atoms with Crippen molar-refractivity contribution in [3.05, 3.63) is 120 Å². The molecule has 0 spiro atoms. The van der Waals surface area contributed by atoms with Crippen LogP contribution in [-0.4, -0.2) is 35.2 Å². The van der Waals surface area contributed by atoms with Crippen molar-refractivity contribution in [1.29, 1.82) is 0 Å². The number of amides is 2. The minimum absolute atomic E-state index is 0.0737. The molecule has 35 heavy (non-hydrogen) atoms. The molecule has 0 aliphatic carbocycles. The van der Waals surface area contributed by atoms with Gasteiger partial charge >= 0.3 is 12.1 Å². The first-order chi connectivity index (χ1) is 17.0. The predicted molar refractivity (Wildman–Crippen MR) is 133 cm³/mol. The zero-order valence-corrected chi connectivity index (χ0v) is 19.2. The molecule has 180 valence electrons. The molecule has 3 rings (SSSR count). The molecule has 0 aliphatic rings.